The van der Waals surface area contributed by atoms with Crippen LogP contribution in [0, 0.1) is 13.8 Å². The molecule has 0 aromatic heterocycles. The molecular weight excluding hydrogens is 370 g/mol. The van der Waals surface area contributed by atoms with Crippen LogP contribution in [-0.4, -0.2) is 5.91 Å². The highest BCUT2D eigenvalue weighted by atomic mass is 79.9. The largest absolute Gasteiger partial charge is 0.322 e. The topological polar surface area (TPSA) is 29.1 Å². The summed E-state index contributed by atoms with van der Waals surface area (Å²) < 4.78 is 1.80. The Hall–Kier alpha value is -1.13. The number of nitrogens with one attached hydrogen (secondary N) is 1. The molecule has 2 nitrogen and oxygen atoms in total. The minimum absolute atomic E-state index is 0.114. The number of carbonyl (C=O) groups is 1. The summed E-state index contributed by atoms with van der Waals surface area (Å²) in [5.74, 6) is -0.114. The number of halogens is 2. The SMILES string of the molecule is Cc1ccc(C(=O)Nc2ccc(Br)cc2C)c(Br)c1. The average Bonchev–Trinajstić information content (AvgIpc) is 2.32. The summed E-state index contributed by atoms with van der Waals surface area (Å²) >= 11 is 6.83. The van der Waals surface area contributed by atoms with Gasteiger partial charge in [-0.3, -0.25) is 4.79 Å². The smallest absolute Gasteiger partial charge is 0.256 e. The molecule has 0 fully saturated rings. The van der Waals surface area contributed by atoms with Gasteiger partial charge in [-0.15, -0.1) is 0 Å². The third-order valence-electron chi connectivity index (χ3n) is 2.81. The van der Waals surface area contributed by atoms with Crippen molar-refractivity contribution >= 4 is 43.5 Å². The first kappa shape index (κ1) is 14.3. The molecule has 0 bridgehead atoms. The third-order valence-corrected chi connectivity index (χ3v) is 3.96. The maximum atomic E-state index is 12.2. The number of aryl methyl sites for hydroxylation is 2. The van der Waals surface area contributed by atoms with E-state index in [9.17, 15) is 4.79 Å². The standard InChI is InChI=1S/C15H13Br2NO/c1-9-3-5-12(13(17)7-9)15(19)18-14-6-4-11(16)8-10(14)2/h3-8H,1-2H3,(H,18,19). The predicted molar refractivity (Wildman–Crippen MR) is 85.7 cm³/mol. The van der Waals surface area contributed by atoms with Gasteiger partial charge in [0.15, 0.2) is 0 Å². The van der Waals surface area contributed by atoms with Crippen molar-refractivity contribution in [2.75, 3.05) is 5.32 Å². The van der Waals surface area contributed by atoms with E-state index in [1.54, 1.807) is 0 Å². The molecular formula is C15H13Br2NO. The predicted octanol–water partition coefficient (Wildman–Crippen LogP) is 5.08. The van der Waals surface area contributed by atoms with Gasteiger partial charge in [-0.05, 0) is 71.2 Å². The van der Waals surface area contributed by atoms with Gasteiger partial charge in [0, 0.05) is 14.6 Å². The summed E-state index contributed by atoms with van der Waals surface area (Å²) in [6.45, 7) is 3.95. The molecule has 0 aliphatic heterocycles. The first-order chi connectivity index (χ1) is 8.97. The fourth-order valence-electron chi connectivity index (χ4n) is 1.76. The van der Waals surface area contributed by atoms with Gasteiger partial charge in [-0.1, -0.05) is 22.0 Å². The molecule has 0 aliphatic rings. The van der Waals surface area contributed by atoms with Gasteiger partial charge in [0.05, 0.1) is 5.56 Å². The summed E-state index contributed by atoms with van der Waals surface area (Å²) in [5, 5.41) is 2.92. The fourth-order valence-corrected chi connectivity index (χ4v) is 2.91. The van der Waals surface area contributed by atoms with Crippen LogP contribution in [0.25, 0.3) is 0 Å². The number of carbonyl (C=O) groups excluding carboxylic acids is 1. The van der Waals surface area contributed by atoms with Crippen molar-refractivity contribution in [3.05, 3.63) is 62.0 Å². The van der Waals surface area contributed by atoms with Gasteiger partial charge in [-0.2, -0.15) is 0 Å². The van der Waals surface area contributed by atoms with Crippen molar-refractivity contribution in [2.45, 2.75) is 13.8 Å². The van der Waals surface area contributed by atoms with Crippen LogP contribution in [0.15, 0.2) is 45.3 Å². The van der Waals surface area contributed by atoms with Crippen LogP contribution in [-0.2, 0) is 0 Å². The van der Waals surface area contributed by atoms with Crippen molar-refractivity contribution in [1.82, 2.24) is 0 Å². The van der Waals surface area contributed by atoms with E-state index >= 15 is 0 Å². The van der Waals surface area contributed by atoms with E-state index in [1.165, 1.54) is 0 Å². The highest BCUT2D eigenvalue weighted by Crippen LogP contribution is 2.23. The highest BCUT2D eigenvalue weighted by molar-refractivity contribution is 9.10. The number of rotatable bonds is 2. The van der Waals surface area contributed by atoms with Crippen LogP contribution in [0.4, 0.5) is 5.69 Å². The molecule has 0 atom stereocenters. The Morgan fingerprint density at radius 2 is 1.79 bits per heavy atom. The lowest BCUT2D eigenvalue weighted by Crippen LogP contribution is -2.13. The first-order valence-corrected chi connectivity index (χ1v) is 7.39. The lowest BCUT2D eigenvalue weighted by atomic mass is 10.1. The molecule has 0 unspecified atom stereocenters. The van der Waals surface area contributed by atoms with Gasteiger partial charge < -0.3 is 5.32 Å². The maximum absolute atomic E-state index is 12.2. The highest BCUT2D eigenvalue weighted by Gasteiger charge is 2.11. The Morgan fingerprint density at radius 1 is 1.05 bits per heavy atom. The van der Waals surface area contributed by atoms with Gasteiger partial charge >= 0.3 is 0 Å². The zero-order valence-electron chi connectivity index (χ0n) is 10.6. The van der Waals surface area contributed by atoms with Gasteiger partial charge in [0.1, 0.15) is 0 Å². The molecule has 0 spiro atoms. The van der Waals surface area contributed by atoms with Crippen LogP contribution in [0.1, 0.15) is 21.5 Å². The van der Waals surface area contributed by atoms with Crippen molar-refractivity contribution in [3.63, 3.8) is 0 Å². The minimum Gasteiger partial charge on any atom is -0.322 e. The molecule has 2 aromatic carbocycles. The first-order valence-electron chi connectivity index (χ1n) is 5.81. The molecule has 0 saturated heterocycles. The summed E-state index contributed by atoms with van der Waals surface area (Å²) in [6.07, 6.45) is 0. The second kappa shape index (κ2) is 5.88. The molecule has 0 radical (unpaired) electrons. The van der Waals surface area contributed by atoms with E-state index in [4.69, 9.17) is 0 Å². The molecule has 2 rings (SSSR count). The molecule has 1 amide bonds. The minimum atomic E-state index is -0.114. The molecule has 19 heavy (non-hydrogen) atoms. The van der Waals surface area contributed by atoms with Crippen LogP contribution in [0.5, 0.6) is 0 Å². The monoisotopic (exact) mass is 381 g/mol. The zero-order valence-corrected chi connectivity index (χ0v) is 13.8. The number of anilines is 1. The Bertz CT molecular complexity index is 638. The van der Waals surface area contributed by atoms with Gasteiger partial charge in [0.2, 0.25) is 0 Å². The van der Waals surface area contributed by atoms with Crippen LogP contribution in [0.3, 0.4) is 0 Å². The summed E-state index contributed by atoms with van der Waals surface area (Å²) in [7, 11) is 0. The van der Waals surface area contributed by atoms with E-state index < -0.39 is 0 Å². The molecule has 2 aromatic rings. The lowest BCUT2D eigenvalue weighted by molar-refractivity contribution is 0.102. The molecule has 0 heterocycles. The third kappa shape index (κ3) is 3.45. The molecule has 4 heteroatoms. The van der Waals surface area contributed by atoms with Crippen molar-refractivity contribution in [2.24, 2.45) is 0 Å². The molecule has 98 valence electrons. The van der Waals surface area contributed by atoms with E-state index in [-0.39, 0.29) is 5.91 Å². The zero-order chi connectivity index (χ0) is 14.0. The van der Waals surface area contributed by atoms with Crippen LogP contribution in [0.2, 0.25) is 0 Å². The fraction of sp³-hybridized carbons (Fsp3) is 0.133. The van der Waals surface area contributed by atoms with E-state index in [0.717, 1.165) is 25.8 Å². The van der Waals surface area contributed by atoms with Gasteiger partial charge in [-0.25, -0.2) is 0 Å². The van der Waals surface area contributed by atoms with Crippen molar-refractivity contribution in [3.8, 4) is 0 Å². The normalized spacial score (nSPS) is 10.3. The number of hydrogen-bond donors (Lipinski definition) is 1. The van der Waals surface area contributed by atoms with E-state index in [0.29, 0.717) is 5.56 Å². The van der Waals surface area contributed by atoms with Crippen LogP contribution >= 0.6 is 31.9 Å². The van der Waals surface area contributed by atoms with Crippen molar-refractivity contribution < 1.29 is 4.79 Å². The Morgan fingerprint density at radius 3 is 2.42 bits per heavy atom. The van der Waals surface area contributed by atoms with Crippen molar-refractivity contribution in [1.29, 1.82) is 0 Å². The second-order valence-corrected chi connectivity index (χ2v) is 6.17. The summed E-state index contributed by atoms with van der Waals surface area (Å²) in [5.41, 5.74) is 3.59. The van der Waals surface area contributed by atoms with E-state index in [1.807, 2.05) is 50.2 Å². The quantitative estimate of drug-likeness (QED) is 0.770. The van der Waals surface area contributed by atoms with E-state index in [2.05, 4.69) is 37.2 Å². The second-order valence-electron chi connectivity index (χ2n) is 4.40. The number of benzene rings is 2. The number of amides is 1. The molecule has 0 saturated carbocycles. The Labute approximate surface area is 129 Å². The maximum Gasteiger partial charge on any atom is 0.256 e. The Kier molecular flexibility index (Phi) is 4.42. The summed E-state index contributed by atoms with van der Waals surface area (Å²) in [6, 6.07) is 11.5. The van der Waals surface area contributed by atoms with Gasteiger partial charge in [0.25, 0.3) is 5.91 Å². The lowest BCUT2D eigenvalue weighted by Gasteiger charge is -2.10. The number of hydrogen-bond acceptors (Lipinski definition) is 1. The summed E-state index contributed by atoms with van der Waals surface area (Å²) in [4.78, 5) is 12.2. The molecule has 0 aliphatic carbocycles. The Balaban J connectivity index is 2.25. The average molecular weight is 383 g/mol. The molecule has 1 N–H and O–H groups in total. The van der Waals surface area contributed by atoms with Crippen LogP contribution < -0.4 is 5.32 Å².